The highest BCUT2D eigenvalue weighted by Crippen LogP contribution is 2.09. The summed E-state index contributed by atoms with van der Waals surface area (Å²) in [7, 11) is 0. The van der Waals surface area contributed by atoms with E-state index in [1.54, 1.807) is 0 Å². The second-order valence-electron chi connectivity index (χ2n) is 5.16. The molecule has 110 valence electrons. The van der Waals surface area contributed by atoms with Crippen LogP contribution in [0, 0.1) is 0 Å². The smallest absolute Gasteiger partial charge is 0.237 e. The Morgan fingerprint density at radius 2 is 2.10 bits per heavy atom. The fourth-order valence-corrected chi connectivity index (χ4v) is 2.37. The van der Waals surface area contributed by atoms with Crippen LogP contribution in [0.4, 0.5) is 0 Å². The number of hydrogen-bond acceptors (Lipinski definition) is 3. The molecule has 1 aliphatic heterocycles. The van der Waals surface area contributed by atoms with Crippen molar-refractivity contribution in [1.82, 2.24) is 10.6 Å². The van der Waals surface area contributed by atoms with Crippen LogP contribution in [0.2, 0.25) is 0 Å². The molecule has 0 aromatic heterocycles. The van der Waals surface area contributed by atoms with Gasteiger partial charge in [-0.3, -0.25) is 4.79 Å². The molecule has 0 bridgehead atoms. The number of rotatable bonds is 6. The van der Waals surface area contributed by atoms with Crippen LogP contribution in [0.5, 0.6) is 5.75 Å². The topological polar surface area (TPSA) is 50.4 Å². The van der Waals surface area contributed by atoms with Crippen molar-refractivity contribution < 1.29 is 9.53 Å². The first-order valence-corrected chi connectivity index (χ1v) is 7.55. The van der Waals surface area contributed by atoms with Crippen LogP contribution in [0.3, 0.4) is 0 Å². The molecule has 1 fully saturated rings. The zero-order chi connectivity index (χ0) is 14.0. The van der Waals surface area contributed by atoms with Crippen LogP contribution in [0.1, 0.15) is 32.1 Å². The fraction of sp³-hybridized carbons (Fsp3) is 0.562. The van der Waals surface area contributed by atoms with Gasteiger partial charge in [0.15, 0.2) is 0 Å². The monoisotopic (exact) mass is 276 g/mol. The van der Waals surface area contributed by atoms with Gasteiger partial charge >= 0.3 is 0 Å². The van der Waals surface area contributed by atoms with Gasteiger partial charge in [-0.1, -0.05) is 31.0 Å². The zero-order valence-corrected chi connectivity index (χ0v) is 11.9. The molecule has 4 heteroatoms. The van der Waals surface area contributed by atoms with Gasteiger partial charge in [-0.05, 0) is 37.9 Å². The molecular weight excluding hydrogens is 252 g/mol. The number of amides is 1. The third-order valence-electron chi connectivity index (χ3n) is 3.51. The highest BCUT2D eigenvalue weighted by atomic mass is 16.5. The molecule has 1 saturated heterocycles. The van der Waals surface area contributed by atoms with Crippen LogP contribution in [0.25, 0.3) is 0 Å². The number of para-hydroxylation sites is 1. The highest BCUT2D eigenvalue weighted by Gasteiger charge is 2.18. The van der Waals surface area contributed by atoms with Crippen molar-refractivity contribution in [3.8, 4) is 5.75 Å². The van der Waals surface area contributed by atoms with Gasteiger partial charge in [0.25, 0.3) is 0 Å². The van der Waals surface area contributed by atoms with E-state index in [-0.39, 0.29) is 11.9 Å². The van der Waals surface area contributed by atoms with E-state index in [1.807, 2.05) is 30.3 Å². The Labute approximate surface area is 120 Å². The third kappa shape index (κ3) is 5.21. The molecule has 1 unspecified atom stereocenters. The Hall–Kier alpha value is -1.55. The van der Waals surface area contributed by atoms with Crippen molar-refractivity contribution in [2.75, 3.05) is 19.7 Å². The summed E-state index contributed by atoms with van der Waals surface area (Å²) in [4.78, 5) is 12.0. The minimum atomic E-state index is -0.00691. The summed E-state index contributed by atoms with van der Waals surface area (Å²) in [5.41, 5.74) is 0. The maximum Gasteiger partial charge on any atom is 0.237 e. The highest BCUT2D eigenvalue weighted by molar-refractivity contribution is 5.81. The van der Waals surface area contributed by atoms with E-state index in [1.165, 1.54) is 12.8 Å². The quantitative estimate of drug-likeness (QED) is 0.782. The summed E-state index contributed by atoms with van der Waals surface area (Å²) >= 11 is 0. The number of hydrogen-bond donors (Lipinski definition) is 2. The number of nitrogens with one attached hydrogen (secondary N) is 2. The van der Waals surface area contributed by atoms with Gasteiger partial charge < -0.3 is 15.4 Å². The van der Waals surface area contributed by atoms with Crippen LogP contribution in [-0.4, -0.2) is 31.6 Å². The van der Waals surface area contributed by atoms with Crippen molar-refractivity contribution in [1.29, 1.82) is 0 Å². The summed E-state index contributed by atoms with van der Waals surface area (Å²) in [5.74, 6) is 1.01. The van der Waals surface area contributed by atoms with E-state index in [4.69, 9.17) is 4.74 Å². The van der Waals surface area contributed by atoms with Gasteiger partial charge in [-0.15, -0.1) is 0 Å². The van der Waals surface area contributed by atoms with Gasteiger partial charge in [-0.2, -0.15) is 0 Å². The van der Waals surface area contributed by atoms with E-state index in [0.29, 0.717) is 13.2 Å². The van der Waals surface area contributed by atoms with Gasteiger partial charge in [0.05, 0.1) is 12.6 Å². The second kappa shape index (κ2) is 8.59. The van der Waals surface area contributed by atoms with Crippen LogP contribution in [0.15, 0.2) is 30.3 Å². The lowest BCUT2D eigenvalue weighted by molar-refractivity contribution is -0.123. The molecule has 1 aromatic carbocycles. The molecule has 20 heavy (non-hydrogen) atoms. The first-order chi connectivity index (χ1) is 9.86. The van der Waals surface area contributed by atoms with Crippen molar-refractivity contribution in [3.05, 3.63) is 30.3 Å². The zero-order valence-electron chi connectivity index (χ0n) is 11.9. The predicted molar refractivity (Wildman–Crippen MR) is 79.8 cm³/mol. The first-order valence-electron chi connectivity index (χ1n) is 7.55. The van der Waals surface area contributed by atoms with Gasteiger partial charge in [0, 0.05) is 6.54 Å². The summed E-state index contributed by atoms with van der Waals surface area (Å²) in [5, 5.41) is 6.29. The SMILES string of the molecule is O=C(NCCCOc1ccccc1)C1CCCCCN1. The molecule has 1 amide bonds. The summed E-state index contributed by atoms with van der Waals surface area (Å²) in [6, 6.07) is 9.74. The Morgan fingerprint density at radius 3 is 2.95 bits per heavy atom. The molecule has 1 heterocycles. The van der Waals surface area contributed by atoms with E-state index < -0.39 is 0 Å². The molecule has 0 radical (unpaired) electrons. The Kier molecular flexibility index (Phi) is 6.38. The maximum atomic E-state index is 12.0. The third-order valence-corrected chi connectivity index (χ3v) is 3.51. The van der Waals surface area contributed by atoms with Crippen molar-refractivity contribution in [3.63, 3.8) is 0 Å². The van der Waals surface area contributed by atoms with E-state index in [0.717, 1.165) is 31.6 Å². The van der Waals surface area contributed by atoms with Gasteiger partial charge in [-0.25, -0.2) is 0 Å². The van der Waals surface area contributed by atoms with Gasteiger partial charge in [0.1, 0.15) is 5.75 Å². The Balaban J connectivity index is 1.57. The number of benzene rings is 1. The van der Waals surface area contributed by atoms with Crippen molar-refractivity contribution >= 4 is 5.91 Å². The first kappa shape index (κ1) is 14.9. The normalized spacial score (nSPS) is 19.1. The van der Waals surface area contributed by atoms with Crippen molar-refractivity contribution in [2.24, 2.45) is 0 Å². The number of carbonyl (C=O) groups is 1. The largest absolute Gasteiger partial charge is 0.494 e. The molecule has 2 rings (SSSR count). The average molecular weight is 276 g/mol. The lowest BCUT2D eigenvalue weighted by atomic mass is 10.1. The van der Waals surface area contributed by atoms with Crippen LogP contribution >= 0.6 is 0 Å². The molecule has 0 spiro atoms. The van der Waals surface area contributed by atoms with Crippen LogP contribution in [-0.2, 0) is 4.79 Å². The molecule has 2 N–H and O–H groups in total. The van der Waals surface area contributed by atoms with Gasteiger partial charge in [0.2, 0.25) is 5.91 Å². The van der Waals surface area contributed by atoms with Crippen LogP contribution < -0.4 is 15.4 Å². The van der Waals surface area contributed by atoms with E-state index >= 15 is 0 Å². The fourth-order valence-electron chi connectivity index (χ4n) is 2.37. The molecule has 1 aromatic rings. The molecule has 1 atom stereocenters. The van der Waals surface area contributed by atoms with Crippen molar-refractivity contribution in [2.45, 2.75) is 38.1 Å². The Morgan fingerprint density at radius 1 is 1.25 bits per heavy atom. The van der Waals surface area contributed by atoms with E-state index in [2.05, 4.69) is 10.6 Å². The predicted octanol–water partition coefficient (Wildman–Crippen LogP) is 2.10. The summed E-state index contributed by atoms with van der Waals surface area (Å²) in [6.07, 6.45) is 5.32. The van der Waals surface area contributed by atoms with E-state index in [9.17, 15) is 4.79 Å². The molecular formula is C16H24N2O2. The minimum Gasteiger partial charge on any atom is -0.494 e. The molecule has 4 nitrogen and oxygen atoms in total. The lowest BCUT2D eigenvalue weighted by Crippen LogP contribution is -2.44. The molecule has 0 aliphatic carbocycles. The molecule has 0 saturated carbocycles. The standard InChI is InChI=1S/C16H24N2O2/c19-16(15-10-5-2-6-11-17-15)18-12-7-13-20-14-8-3-1-4-9-14/h1,3-4,8-9,15,17H,2,5-7,10-13H2,(H,18,19). The number of carbonyl (C=O) groups excluding carboxylic acids is 1. The number of ether oxygens (including phenoxy) is 1. The lowest BCUT2D eigenvalue weighted by Gasteiger charge is -2.15. The average Bonchev–Trinajstić information content (AvgIpc) is 2.77. The Bertz CT molecular complexity index is 387. The molecule has 1 aliphatic rings. The summed E-state index contributed by atoms with van der Waals surface area (Å²) < 4.78 is 5.59. The minimum absolute atomic E-state index is 0.00691. The summed E-state index contributed by atoms with van der Waals surface area (Å²) in [6.45, 7) is 2.25. The second-order valence-corrected chi connectivity index (χ2v) is 5.16. The maximum absolute atomic E-state index is 12.0.